The molecule has 0 rings (SSSR count). The summed E-state index contributed by atoms with van der Waals surface area (Å²) < 4.78 is 4.64. The molecular weight excluding hydrogens is 208 g/mol. The first-order valence-electron chi connectivity index (χ1n) is 5.35. The monoisotopic (exact) mass is 230 g/mol. The number of carbonyl (C=O) groups excluding carboxylic acids is 2. The Morgan fingerprint density at radius 3 is 2.19 bits per heavy atom. The van der Waals surface area contributed by atoms with Gasteiger partial charge in [0.2, 0.25) is 5.91 Å². The summed E-state index contributed by atoms with van der Waals surface area (Å²) in [5.41, 5.74) is 4.81. The molecule has 3 N–H and O–H groups in total. The standard InChI is InChI=1S/C11H22N2O3/c1-7(2)8(9(14)16-5)13-10(15)11(3,4)6-12/h7-8H,6,12H2,1-5H3,(H,13,15)/t8-/m0/s1. The summed E-state index contributed by atoms with van der Waals surface area (Å²) in [4.78, 5) is 23.3. The molecule has 0 aromatic carbocycles. The van der Waals surface area contributed by atoms with E-state index in [0.29, 0.717) is 0 Å². The summed E-state index contributed by atoms with van der Waals surface area (Å²) in [7, 11) is 1.30. The van der Waals surface area contributed by atoms with Gasteiger partial charge in [-0.15, -0.1) is 0 Å². The maximum absolute atomic E-state index is 11.8. The summed E-state index contributed by atoms with van der Waals surface area (Å²) >= 11 is 0. The van der Waals surface area contributed by atoms with Gasteiger partial charge in [-0.1, -0.05) is 13.8 Å². The van der Waals surface area contributed by atoms with Crippen LogP contribution in [0.1, 0.15) is 27.7 Å². The minimum Gasteiger partial charge on any atom is -0.467 e. The van der Waals surface area contributed by atoms with Gasteiger partial charge in [-0.05, 0) is 19.8 Å². The Bertz CT molecular complexity index is 262. The van der Waals surface area contributed by atoms with E-state index in [0.717, 1.165) is 0 Å². The van der Waals surface area contributed by atoms with Crippen LogP contribution in [0.5, 0.6) is 0 Å². The second-order valence-electron chi connectivity index (χ2n) is 4.81. The predicted octanol–water partition coefficient (Wildman–Crippen LogP) is 0.285. The lowest BCUT2D eigenvalue weighted by atomic mass is 9.91. The van der Waals surface area contributed by atoms with Crippen LogP contribution < -0.4 is 11.1 Å². The van der Waals surface area contributed by atoms with Crippen molar-refractivity contribution in [3.8, 4) is 0 Å². The summed E-state index contributed by atoms with van der Waals surface area (Å²) in [6, 6.07) is -0.622. The van der Waals surface area contributed by atoms with Crippen molar-refractivity contribution in [1.29, 1.82) is 0 Å². The van der Waals surface area contributed by atoms with Crippen LogP contribution >= 0.6 is 0 Å². The third-order valence-electron chi connectivity index (χ3n) is 2.53. The summed E-state index contributed by atoms with van der Waals surface area (Å²) in [6.07, 6.45) is 0. The van der Waals surface area contributed by atoms with E-state index in [1.807, 2.05) is 13.8 Å². The maximum Gasteiger partial charge on any atom is 0.328 e. The molecule has 0 aliphatic rings. The lowest BCUT2D eigenvalue weighted by Gasteiger charge is -2.26. The predicted molar refractivity (Wildman–Crippen MR) is 61.6 cm³/mol. The zero-order chi connectivity index (χ0) is 12.9. The van der Waals surface area contributed by atoms with Crippen molar-refractivity contribution in [2.24, 2.45) is 17.1 Å². The van der Waals surface area contributed by atoms with Gasteiger partial charge in [0.25, 0.3) is 0 Å². The van der Waals surface area contributed by atoms with Crippen LogP contribution in [-0.4, -0.2) is 31.6 Å². The highest BCUT2D eigenvalue weighted by molar-refractivity contribution is 5.87. The van der Waals surface area contributed by atoms with Gasteiger partial charge in [0, 0.05) is 6.54 Å². The molecule has 0 aromatic heterocycles. The Hall–Kier alpha value is -1.10. The average Bonchev–Trinajstić information content (AvgIpc) is 2.23. The van der Waals surface area contributed by atoms with Crippen molar-refractivity contribution in [3.63, 3.8) is 0 Å². The Labute approximate surface area is 96.7 Å². The summed E-state index contributed by atoms with van der Waals surface area (Å²) in [5, 5.41) is 2.66. The fraction of sp³-hybridized carbons (Fsp3) is 0.818. The van der Waals surface area contributed by atoms with Crippen molar-refractivity contribution < 1.29 is 14.3 Å². The summed E-state index contributed by atoms with van der Waals surface area (Å²) in [6.45, 7) is 7.38. The van der Waals surface area contributed by atoms with Crippen LogP contribution in [0.15, 0.2) is 0 Å². The zero-order valence-electron chi connectivity index (χ0n) is 10.7. The number of nitrogens with one attached hydrogen (secondary N) is 1. The van der Waals surface area contributed by atoms with Crippen molar-refractivity contribution >= 4 is 11.9 Å². The fourth-order valence-electron chi connectivity index (χ4n) is 1.05. The molecule has 0 aliphatic carbocycles. The molecule has 1 amide bonds. The molecule has 0 unspecified atom stereocenters. The normalized spacial score (nSPS) is 13.4. The van der Waals surface area contributed by atoms with Crippen LogP contribution in [0.25, 0.3) is 0 Å². The first-order chi connectivity index (χ1) is 7.26. The van der Waals surface area contributed by atoms with Crippen molar-refractivity contribution in [3.05, 3.63) is 0 Å². The molecule has 0 heterocycles. The number of hydrogen-bond acceptors (Lipinski definition) is 4. The van der Waals surface area contributed by atoms with Crippen LogP contribution in [0, 0.1) is 11.3 Å². The number of carbonyl (C=O) groups is 2. The number of ether oxygens (including phenoxy) is 1. The van der Waals surface area contributed by atoms with E-state index in [1.165, 1.54) is 7.11 Å². The molecule has 16 heavy (non-hydrogen) atoms. The SMILES string of the molecule is COC(=O)[C@@H](NC(=O)C(C)(C)CN)C(C)C. The molecule has 0 saturated carbocycles. The van der Waals surface area contributed by atoms with Crippen molar-refractivity contribution in [2.45, 2.75) is 33.7 Å². The molecule has 0 spiro atoms. The minimum absolute atomic E-state index is 0.0232. The van der Waals surface area contributed by atoms with E-state index in [9.17, 15) is 9.59 Å². The molecule has 5 nitrogen and oxygen atoms in total. The van der Waals surface area contributed by atoms with Crippen LogP contribution in [0.3, 0.4) is 0 Å². The Morgan fingerprint density at radius 1 is 1.38 bits per heavy atom. The van der Waals surface area contributed by atoms with Crippen LogP contribution in [-0.2, 0) is 14.3 Å². The van der Waals surface area contributed by atoms with E-state index >= 15 is 0 Å². The molecule has 0 saturated heterocycles. The Kier molecular flexibility index (Phi) is 5.44. The Balaban J connectivity index is 4.65. The van der Waals surface area contributed by atoms with E-state index in [4.69, 9.17) is 5.73 Å². The van der Waals surface area contributed by atoms with E-state index in [1.54, 1.807) is 13.8 Å². The van der Waals surface area contributed by atoms with Crippen LogP contribution in [0.2, 0.25) is 0 Å². The maximum atomic E-state index is 11.8. The van der Waals surface area contributed by atoms with Crippen molar-refractivity contribution in [1.82, 2.24) is 5.32 Å². The lowest BCUT2D eigenvalue weighted by Crippen LogP contribution is -2.51. The zero-order valence-corrected chi connectivity index (χ0v) is 10.7. The molecule has 0 bridgehead atoms. The lowest BCUT2D eigenvalue weighted by molar-refractivity contribution is -0.147. The number of amides is 1. The minimum atomic E-state index is -0.679. The van der Waals surface area contributed by atoms with Gasteiger partial charge < -0.3 is 15.8 Å². The van der Waals surface area contributed by atoms with Gasteiger partial charge in [0.05, 0.1) is 12.5 Å². The van der Waals surface area contributed by atoms with Crippen LogP contribution in [0.4, 0.5) is 0 Å². The van der Waals surface area contributed by atoms with Gasteiger partial charge in [-0.3, -0.25) is 4.79 Å². The molecule has 94 valence electrons. The topological polar surface area (TPSA) is 81.4 Å². The van der Waals surface area contributed by atoms with Gasteiger partial charge in [0.15, 0.2) is 0 Å². The van der Waals surface area contributed by atoms with Gasteiger partial charge >= 0.3 is 5.97 Å². The van der Waals surface area contributed by atoms with Gasteiger partial charge in [0.1, 0.15) is 6.04 Å². The first kappa shape index (κ1) is 14.9. The number of rotatable bonds is 5. The molecule has 0 aliphatic heterocycles. The van der Waals surface area contributed by atoms with E-state index in [2.05, 4.69) is 10.1 Å². The van der Waals surface area contributed by atoms with E-state index in [-0.39, 0.29) is 18.4 Å². The molecule has 1 atom stereocenters. The smallest absolute Gasteiger partial charge is 0.328 e. The van der Waals surface area contributed by atoms with E-state index < -0.39 is 17.4 Å². The first-order valence-corrected chi connectivity index (χ1v) is 5.35. The fourth-order valence-corrected chi connectivity index (χ4v) is 1.05. The number of esters is 1. The second-order valence-corrected chi connectivity index (χ2v) is 4.81. The average molecular weight is 230 g/mol. The third kappa shape index (κ3) is 3.81. The molecular formula is C11H22N2O3. The largest absolute Gasteiger partial charge is 0.467 e. The molecule has 5 heteroatoms. The van der Waals surface area contributed by atoms with Gasteiger partial charge in [-0.2, -0.15) is 0 Å². The highest BCUT2D eigenvalue weighted by Crippen LogP contribution is 2.14. The third-order valence-corrected chi connectivity index (χ3v) is 2.53. The van der Waals surface area contributed by atoms with Gasteiger partial charge in [-0.25, -0.2) is 4.79 Å². The number of nitrogens with two attached hydrogens (primary N) is 1. The Morgan fingerprint density at radius 2 is 1.88 bits per heavy atom. The number of hydrogen-bond donors (Lipinski definition) is 2. The molecule has 0 fully saturated rings. The molecule has 0 aromatic rings. The van der Waals surface area contributed by atoms with Crippen molar-refractivity contribution in [2.75, 3.05) is 13.7 Å². The quantitative estimate of drug-likeness (QED) is 0.665. The summed E-state index contributed by atoms with van der Waals surface area (Å²) in [5.74, 6) is -0.694. The highest BCUT2D eigenvalue weighted by Gasteiger charge is 2.31. The molecule has 0 radical (unpaired) electrons. The second kappa shape index (κ2) is 5.84. The number of methoxy groups -OCH3 is 1. The highest BCUT2D eigenvalue weighted by atomic mass is 16.5.